The van der Waals surface area contributed by atoms with Crippen LogP contribution in [0.4, 0.5) is 17.6 Å². The van der Waals surface area contributed by atoms with Crippen LogP contribution >= 0.6 is 11.6 Å². The van der Waals surface area contributed by atoms with Gasteiger partial charge in [0.1, 0.15) is 17.5 Å². The zero-order valence-electron chi connectivity index (χ0n) is 19.6. The highest BCUT2D eigenvalue weighted by atomic mass is 35.5. The lowest BCUT2D eigenvalue weighted by atomic mass is 9.95. The van der Waals surface area contributed by atoms with Gasteiger partial charge in [-0.2, -0.15) is 5.10 Å². The molecular weight excluding hydrogens is 478 g/mol. The van der Waals surface area contributed by atoms with Crippen LogP contribution in [-0.4, -0.2) is 47.3 Å². The fourth-order valence-corrected chi connectivity index (χ4v) is 4.76. The lowest BCUT2D eigenvalue weighted by Gasteiger charge is -2.17. The van der Waals surface area contributed by atoms with Crippen LogP contribution in [0.2, 0.25) is 5.02 Å². The number of hydrogen-bond donors (Lipinski definition) is 1. The van der Waals surface area contributed by atoms with Crippen molar-refractivity contribution in [3.8, 4) is 11.3 Å². The highest BCUT2D eigenvalue weighted by molar-refractivity contribution is 6.30. The van der Waals surface area contributed by atoms with E-state index in [-0.39, 0.29) is 11.8 Å². The van der Waals surface area contributed by atoms with Crippen molar-refractivity contribution in [2.45, 2.75) is 18.8 Å². The highest BCUT2D eigenvalue weighted by Crippen LogP contribution is 2.34. The summed E-state index contributed by atoms with van der Waals surface area (Å²) in [5, 5.41) is 17.0. The molecule has 0 aliphatic carbocycles. The second-order valence-electron chi connectivity index (χ2n) is 8.77. The monoisotopic (exact) mass is 499 g/mol. The van der Waals surface area contributed by atoms with Crippen LogP contribution in [0.1, 0.15) is 23.7 Å². The van der Waals surface area contributed by atoms with Gasteiger partial charge in [-0.05, 0) is 42.3 Å². The van der Waals surface area contributed by atoms with E-state index in [1.165, 1.54) is 0 Å². The van der Waals surface area contributed by atoms with Crippen LogP contribution < -0.4 is 10.2 Å². The zero-order valence-corrected chi connectivity index (χ0v) is 20.4. The number of anilines is 3. The van der Waals surface area contributed by atoms with Gasteiger partial charge in [0.2, 0.25) is 11.9 Å². The Balaban J connectivity index is 1.40. The quantitative estimate of drug-likeness (QED) is 0.389. The largest absolute Gasteiger partial charge is 0.309 e. The molecule has 1 aromatic carbocycles. The second kappa shape index (κ2) is 8.72. The molecule has 11 heteroatoms. The van der Waals surface area contributed by atoms with Crippen LogP contribution in [-0.2, 0) is 18.3 Å². The molecule has 1 aliphatic heterocycles. The minimum Gasteiger partial charge on any atom is -0.309 e. The number of benzene rings is 1. The number of amides is 1. The molecule has 0 unspecified atom stereocenters. The van der Waals surface area contributed by atoms with Crippen LogP contribution in [0, 0.1) is 0 Å². The molecule has 0 bridgehead atoms. The molecule has 1 atom stereocenters. The van der Waals surface area contributed by atoms with Gasteiger partial charge in [0, 0.05) is 49.3 Å². The van der Waals surface area contributed by atoms with Crippen LogP contribution in [0.5, 0.6) is 0 Å². The third-order valence-corrected chi connectivity index (χ3v) is 6.63. The molecule has 4 aromatic heterocycles. The summed E-state index contributed by atoms with van der Waals surface area (Å²) < 4.78 is 3.66. The Morgan fingerprint density at radius 2 is 1.97 bits per heavy atom. The lowest BCUT2D eigenvalue weighted by Crippen LogP contribution is -2.27. The highest BCUT2D eigenvalue weighted by Gasteiger charge is 2.30. The van der Waals surface area contributed by atoms with Crippen LogP contribution in [0.3, 0.4) is 0 Å². The van der Waals surface area contributed by atoms with E-state index in [1.54, 1.807) is 29.0 Å². The van der Waals surface area contributed by atoms with Gasteiger partial charge in [-0.3, -0.25) is 13.9 Å². The smallest absolute Gasteiger partial charge is 0.228 e. The van der Waals surface area contributed by atoms with Crippen molar-refractivity contribution in [2.75, 3.05) is 17.3 Å². The van der Waals surface area contributed by atoms with E-state index in [0.717, 1.165) is 22.8 Å². The summed E-state index contributed by atoms with van der Waals surface area (Å²) in [5.41, 5.74) is 3.20. The fraction of sp³-hybridized carbons (Fsp3) is 0.200. The number of carbonyl (C=O) groups is 1. The van der Waals surface area contributed by atoms with Crippen molar-refractivity contribution in [1.29, 1.82) is 0 Å². The molecule has 10 nitrogen and oxygen atoms in total. The molecule has 0 radical (unpaired) electrons. The number of halogens is 1. The third-order valence-electron chi connectivity index (χ3n) is 6.40. The van der Waals surface area contributed by atoms with E-state index >= 15 is 0 Å². The average Bonchev–Trinajstić information content (AvgIpc) is 3.46. The Labute approximate surface area is 211 Å². The molecule has 6 rings (SSSR count). The fourth-order valence-electron chi connectivity index (χ4n) is 4.55. The summed E-state index contributed by atoms with van der Waals surface area (Å²) in [6, 6.07) is 15.2. The number of aromatic nitrogens is 7. The van der Waals surface area contributed by atoms with Gasteiger partial charge in [-0.1, -0.05) is 23.7 Å². The van der Waals surface area contributed by atoms with E-state index < -0.39 is 0 Å². The van der Waals surface area contributed by atoms with Gasteiger partial charge in [0.15, 0.2) is 5.65 Å². The van der Waals surface area contributed by atoms with Crippen molar-refractivity contribution in [3.63, 3.8) is 0 Å². The van der Waals surface area contributed by atoms with Gasteiger partial charge in [0.25, 0.3) is 0 Å². The Kier molecular flexibility index (Phi) is 5.37. The minimum absolute atomic E-state index is 0.00669. The summed E-state index contributed by atoms with van der Waals surface area (Å²) in [6.07, 6.45) is 4.34. The number of nitrogens with zero attached hydrogens (tertiary/aromatic N) is 8. The Bertz CT molecular complexity index is 1610. The van der Waals surface area contributed by atoms with E-state index in [1.807, 2.05) is 60.0 Å². The van der Waals surface area contributed by atoms with Crippen LogP contribution in [0.15, 0.2) is 60.9 Å². The first-order valence-corrected chi connectivity index (χ1v) is 11.8. The molecule has 180 valence electrons. The molecule has 0 fully saturated rings. The topological polar surface area (TPSA) is 106 Å². The average molecular weight is 500 g/mol. The molecular formula is C25H22ClN9O. The van der Waals surface area contributed by atoms with Crippen LogP contribution in [0.25, 0.3) is 16.9 Å². The molecule has 1 aliphatic rings. The molecule has 0 spiro atoms. The summed E-state index contributed by atoms with van der Waals surface area (Å²) in [4.78, 5) is 23.9. The molecule has 1 amide bonds. The number of nitrogens with one attached hydrogen (secondary N) is 1. The standard InChI is InChI=1S/C25H22ClN9O/c1-33-22-13-16(19-6-8-27-25(29-19)30-20-7-9-28-34(20)2)12-21-31-32-24(35(21)22)17(14-23(33)36)10-15-4-3-5-18(26)11-15/h3-9,11-13,17H,10,14H2,1-2H3,(H,27,29,30)/t17-/m0/s1. The van der Waals surface area contributed by atoms with Gasteiger partial charge in [-0.15, -0.1) is 10.2 Å². The first kappa shape index (κ1) is 22.2. The number of carbonyl (C=O) groups excluding carboxylic acids is 1. The maximum atomic E-state index is 13.2. The Hall–Kier alpha value is -4.31. The predicted molar refractivity (Wildman–Crippen MR) is 136 cm³/mol. The zero-order chi connectivity index (χ0) is 24.8. The maximum absolute atomic E-state index is 13.2. The summed E-state index contributed by atoms with van der Waals surface area (Å²) in [5.74, 6) is 2.54. The SMILES string of the molecule is CN1C(=O)C[C@H](Cc2cccc(Cl)c2)c2nnc3cc(-c4ccnc(Nc5ccnn5C)n4)cc1n23. The van der Waals surface area contributed by atoms with Gasteiger partial charge < -0.3 is 10.2 Å². The number of hydrogen-bond acceptors (Lipinski definition) is 7. The Morgan fingerprint density at radius 1 is 1.08 bits per heavy atom. The predicted octanol–water partition coefficient (Wildman–Crippen LogP) is 4.01. The Morgan fingerprint density at radius 3 is 2.78 bits per heavy atom. The summed E-state index contributed by atoms with van der Waals surface area (Å²) in [6.45, 7) is 0. The van der Waals surface area contributed by atoms with E-state index in [0.29, 0.717) is 41.0 Å². The van der Waals surface area contributed by atoms with Gasteiger partial charge >= 0.3 is 0 Å². The second-order valence-corrected chi connectivity index (χ2v) is 9.21. The molecule has 5 aromatic rings. The number of aryl methyl sites for hydroxylation is 1. The number of pyridine rings is 1. The third kappa shape index (κ3) is 3.95. The van der Waals surface area contributed by atoms with Crippen molar-refractivity contribution < 1.29 is 4.79 Å². The van der Waals surface area contributed by atoms with Crippen molar-refractivity contribution in [1.82, 2.24) is 34.3 Å². The van der Waals surface area contributed by atoms with Crippen molar-refractivity contribution in [2.24, 2.45) is 7.05 Å². The van der Waals surface area contributed by atoms with E-state index in [9.17, 15) is 4.79 Å². The van der Waals surface area contributed by atoms with E-state index in [4.69, 9.17) is 11.6 Å². The first-order valence-electron chi connectivity index (χ1n) is 11.4. The lowest BCUT2D eigenvalue weighted by molar-refractivity contribution is -0.118. The van der Waals surface area contributed by atoms with Crippen molar-refractivity contribution in [3.05, 3.63) is 77.3 Å². The first-order chi connectivity index (χ1) is 17.5. The molecule has 0 saturated heterocycles. The van der Waals surface area contributed by atoms with Gasteiger partial charge in [0.05, 0.1) is 11.9 Å². The molecule has 0 saturated carbocycles. The molecule has 5 heterocycles. The minimum atomic E-state index is -0.130. The normalized spacial score (nSPS) is 15.4. The van der Waals surface area contributed by atoms with E-state index in [2.05, 4.69) is 30.6 Å². The summed E-state index contributed by atoms with van der Waals surface area (Å²) in [7, 11) is 3.62. The maximum Gasteiger partial charge on any atom is 0.228 e. The molecule has 1 N–H and O–H groups in total. The summed E-state index contributed by atoms with van der Waals surface area (Å²) >= 11 is 6.19. The van der Waals surface area contributed by atoms with Gasteiger partial charge in [-0.25, -0.2) is 9.97 Å². The molecule has 36 heavy (non-hydrogen) atoms. The van der Waals surface area contributed by atoms with Crippen molar-refractivity contribution >= 4 is 40.7 Å². The number of rotatable bonds is 5.